The third-order valence-corrected chi connectivity index (χ3v) is 4.29. The molecule has 3 rings (SSSR count). The maximum Gasteiger partial charge on any atom is 0.337 e. The van der Waals surface area contributed by atoms with Gasteiger partial charge in [0.2, 0.25) is 5.78 Å². The summed E-state index contributed by atoms with van der Waals surface area (Å²) in [6.45, 7) is -0.0498. The van der Waals surface area contributed by atoms with Crippen LogP contribution in [0.15, 0.2) is 42.6 Å². The number of methoxy groups -OCH3 is 2. The lowest BCUT2D eigenvalue weighted by molar-refractivity contribution is 0.0698. The van der Waals surface area contributed by atoms with Crippen molar-refractivity contribution in [3.8, 4) is 17.2 Å². The Morgan fingerprint density at radius 3 is 2.34 bits per heavy atom. The molecular weight excluding hydrogens is 378 g/mol. The zero-order chi connectivity index (χ0) is 21.0. The number of ketones is 1. The molecule has 0 spiro atoms. The highest BCUT2D eigenvalue weighted by atomic mass is 16.5. The van der Waals surface area contributed by atoms with Crippen LogP contribution in [-0.2, 0) is 0 Å². The Morgan fingerprint density at radius 2 is 1.72 bits per heavy atom. The number of aromatic carboxylic acids is 1. The molecule has 3 aromatic rings. The Kier molecular flexibility index (Phi) is 5.94. The molecule has 0 saturated heterocycles. The van der Waals surface area contributed by atoms with E-state index in [1.54, 1.807) is 18.2 Å². The largest absolute Gasteiger partial charge is 0.493 e. The first-order valence-electron chi connectivity index (χ1n) is 8.66. The van der Waals surface area contributed by atoms with E-state index in [0.717, 1.165) is 6.20 Å². The van der Waals surface area contributed by atoms with Gasteiger partial charge in [-0.2, -0.15) is 0 Å². The Labute approximate surface area is 166 Å². The van der Waals surface area contributed by atoms with Gasteiger partial charge in [-0.25, -0.2) is 4.79 Å². The highest BCUT2D eigenvalue weighted by Gasteiger charge is 2.21. The molecule has 0 saturated carbocycles. The van der Waals surface area contributed by atoms with Gasteiger partial charge in [-0.05, 0) is 24.3 Å². The van der Waals surface area contributed by atoms with Crippen LogP contribution in [0.2, 0.25) is 0 Å². The summed E-state index contributed by atoms with van der Waals surface area (Å²) >= 11 is 0. The number of pyridine rings is 1. The molecule has 8 heteroatoms. The predicted molar refractivity (Wildman–Crippen MR) is 104 cm³/mol. The molecule has 0 aliphatic carbocycles. The normalized spacial score (nSPS) is 10.6. The van der Waals surface area contributed by atoms with Crippen LogP contribution in [0.25, 0.3) is 10.8 Å². The van der Waals surface area contributed by atoms with E-state index in [1.165, 1.54) is 32.4 Å². The lowest BCUT2D eigenvalue weighted by atomic mass is 9.99. The number of carbonyl (C=O) groups is 2. The number of hydrogen-bond donors (Lipinski definition) is 2. The topological polar surface area (TPSA) is 115 Å². The van der Waals surface area contributed by atoms with Crippen LogP contribution < -0.4 is 14.2 Å². The van der Waals surface area contributed by atoms with Crippen molar-refractivity contribution < 1.29 is 34.0 Å². The van der Waals surface area contributed by atoms with Crippen LogP contribution in [-0.4, -0.2) is 54.4 Å². The maximum atomic E-state index is 13.1. The van der Waals surface area contributed by atoms with E-state index in [1.807, 2.05) is 0 Å². The van der Waals surface area contributed by atoms with E-state index in [9.17, 15) is 14.7 Å². The molecule has 2 aromatic carbocycles. The number of rotatable bonds is 8. The van der Waals surface area contributed by atoms with Crippen molar-refractivity contribution in [3.05, 3.63) is 59.4 Å². The number of fused-ring (bicyclic) bond motifs is 1. The summed E-state index contributed by atoms with van der Waals surface area (Å²) in [7, 11) is 2.89. The number of carboxylic acid groups (broad SMARTS) is 1. The first-order valence-corrected chi connectivity index (χ1v) is 8.66. The molecular formula is C21H19NO7. The fraction of sp³-hybridized carbons (Fsp3) is 0.190. The minimum atomic E-state index is -1.17. The molecule has 1 aromatic heterocycles. The molecule has 0 aliphatic rings. The van der Waals surface area contributed by atoms with E-state index < -0.39 is 11.8 Å². The molecule has 8 nitrogen and oxygen atoms in total. The summed E-state index contributed by atoms with van der Waals surface area (Å²) in [4.78, 5) is 28.9. The van der Waals surface area contributed by atoms with Gasteiger partial charge in [-0.15, -0.1) is 0 Å². The Hall–Kier alpha value is -3.65. The summed E-state index contributed by atoms with van der Waals surface area (Å²) in [6.07, 6.45) is 1.15. The minimum Gasteiger partial charge on any atom is -0.493 e. The number of nitrogens with zero attached hydrogens (tertiary/aromatic N) is 1. The van der Waals surface area contributed by atoms with Crippen molar-refractivity contribution in [2.24, 2.45) is 0 Å². The quantitative estimate of drug-likeness (QED) is 0.557. The monoisotopic (exact) mass is 397 g/mol. The van der Waals surface area contributed by atoms with E-state index in [0.29, 0.717) is 33.6 Å². The second kappa shape index (κ2) is 8.57. The summed E-state index contributed by atoms with van der Waals surface area (Å²) in [5.74, 6) is -0.470. The lowest BCUT2D eigenvalue weighted by Crippen LogP contribution is -2.09. The molecule has 0 bridgehead atoms. The van der Waals surface area contributed by atoms with Crippen molar-refractivity contribution in [1.29, 1.82) is 0 Å². The van der Waals surface area contributed by atoms with Crippen LogP contribution in [0.4, 0.5) is 0 Å². The van der Waals surface area contributed by atoms with E-state index in [4.69, 9.17) is 19.3 Å². The second-order valence-electron chi connectivity index (χ2n) is 6.01. The van der Waals surface area contributed by atoms with Crippen LogP contribution in [0, 0.1) is 0 Å². The highest BCUT2D eigenvalue weighted by molar-refractivity contribution is 6.18. The van der Waals surface area contributed by atoms with Crippen LogP contribution in [0.1, 0.15) is 26.4 Å². The standard InChI is InChI=1S/C21H19NO7/c1-27-17-9-14-15(10-18(17)28-2)19(22-11-16(14)21(25)26)20(24)12-4-3-5-13(8-12)29-7-6-23/h3-5,8-11,23H,6-7H2,1-2H3,(H,25,26). The van der Waals surface area contributed by atoms with Crippen molar-refractivity contribution in [2.45, 2.75) is 0 Å². The van der Waals surface area contributed by atoms with E-state index in [2.05, 4.69) is 4.98 Å². The van der Waals surface area contributed by atoms with E-state index in [-0.39, 0.29) is 24.5 Å². The van der Waals surface area contributed by atoms with E-state index >= 15 is 0 Å². The van der Waals surface area contributed by atoms with Crippen molar-refractivity contribution in [1.82, 2.24) is 4.98 Å². The molecule has 0 aliphatic heterocycles. The Balaban J connectivity index is 2.17. The molecule has 0 unspecified atom stereocenters. The Bertz CT molecular complexity index is 1080. The number of aliphatic hydroxyl groups excluding tert-OH is 1. The minimum absolute atomic E-state index is 0.0578. The molecule has 1 heterocycles. The van der Waals surface area contributed by atoms with Crippen molar-refractivity contribution in [3.63, 3.8) is 0 Å². The summed E-state index contributed by atoms with van der Waals surface area (Å²) < 4.78 is 15.9. The average molecular weight is 397 g/mol. The maximum absolute atomic E-state index is 13.1. The van der Waals surface area contributed by atoms with Gasteiger partial charge in [0, 0.05) is 22.5 Å². The highest BCUT2D eigenvalue weighted by Crippen LogP contribution is 2.35. The Morgan fingerprint density at radius 1 is 1.03 bits per heavy atom. The molecule has 2 N–H and O–H groups in total. The van der Waals surface area contributed by atoms with Crippen LogP contribution >= 0.6 is 0 Å². The lowest BCUT2D eigenvalue weighted by Gasteiger charge is -2.13. The van der Waals surface area contributed by atoms with Gasteiger partial charge in [0.25, 0.3) is 0 Å². The van der Waals surface area contributed by atoms with Crippen molar-refractivity contribution in [2.75, 3.05) is 27.4 Å². The number of benzene rings is 2. The summed E-state index contributed by atoms with van der Waals surface area (Å²) in [5, 5.41) is 19.0. The molecule has 0 amide bonds. The van der Waals surface area contributed by atoms with Gasteiger partial charge in [-0.3, -0.25) is 9.78 Å². The molecule has 0 atom stereocenters. The zero-order valence-corrected chi connectivity index (χ0v) is 15.8. The summed E-state index contributed by atoms with van der Waals surface area (Å²) in [5.41, 5.74) is 0.329. The predicted octanol–water partition coefficient (Wildman–Crippen LogP) is 2.55. The molecule has 150 valence electrons. The first kappa shape index (κ1) is 20.1. The van der Waals surface area contributed by atoms with Crippen LogP contribution in [0.3, 0.4) is 0 Å². The zero-order valence-electron chi connectivity index (χ0n) is 15.8. The van der Waals surface area contributed by atoms with Gasteiger partial charge in [0.05, 0.1) is 26.4 Å². The van der Waals surface area contributed by atoms with Crippen molar-refractivity contribution >= 4 is 22.5 Å². The van der Waals surface area contributed by atoms with Gasteiger partial charge >= 0.3 is 5.97 Å². The first-order chi connectivity index (χ1) is 14.0. The van der Waals surface area contributed by atoms with Gasteiger partial charge in [0.1, 0.15) is 18.1 Å². The number of ether oxygens (including phenoxy) is 3. The van der Waals surface area contributed by atoms with Gasteiger partial charge in [-0.1, -0.05) is 12.1 Å². The SMILES string of the molecule is COc1cc2c(C(=O)O)cnc(C(=O)c3cccc(OCCO)c3)c2cc1OC. The summed E-state index contributed by atoms with van der Waals surface area (Å²) in [6, 6.07) is 9.51. The third-order valence-electron chi connectivity index (χ3n) is 4.29. The fourth-order valence-corrected chi connectivity index (χ4v) is 2.94. The van der Waals surface area contributed by atoms with Gasteiger partial charge < -0.3 is 24.4 Å². The van der Waals surface area contributed by atoms with Gasteiger partial charge in [0.15, 0.2) is 11.5 Å². The molecule has 29 heavy (non-hydrogen) atoms. The smallest absolute Gasteiger partial charge is 0.337 e. The average Bonchev–Trinajstić information content (AvgIpc) is 2.75. The number of aromatic nitrogens is 1. The second-order valence-corrected chi connectivity index (χ2v) is 6.01. The number of hydrogen-bond acceptors (Lipinski definition) is 7. The molecule has 0 fully saturated rings. The number of aliphatic hydroxyl groups is 1. The third kappa shape index (κ3) is 3.97. The van der Waals surface area contributed by atoms with Crippen LogP contribution in [0.5, 0.6) is 17.2 Å². The number of carbonyl (C=O) groups excluding carboxylic acids is 1. The number of carboxylic acids is 1. The molecule has 0 radical (unpaired) electrons. The fourth-order valence-electron chi connectivity index (χ4n) is 2.94.